The average Bonchev–Trinajstić information content (AvgIpc) is 2.97. The predicted octanol–water partition coefficient (Wildman–Crippen LogP) is 2.99. The molecule has 2 aromatic rings. The number of piperidine rings is 1. The van der Waals surface area contributed by atoms with Gasteiger partial charge in [-0.25, -0.2) is 4.98 Å². The van der Waals surface area contributed by atoms with Crippen LogP contribution in [0.25, 0.3) is 10.6 Å². The number of aryl methyl sites for hydroxylation is 1. The van der Waals surface area contributed by atoms with Crippen molar-refractivity contribution in [2.45, 2.75) is 38.8 Å². The second-order valence-corrected chi connectivity index (χ2v) is 6.76. The Balaban J connectivity index is 1.71. The van der Waals surface area contributed by atoms with Crippen LogP contribution in [0.5, 0.6) is 0 Å². The SMILES string of the molecule is Cc1ccccc1-c1nc(C(=O)NC2CCNC(C)C2)cs1. The van der Waals surface area contributed by atoms with Gasteiger partial charge in [0.05, 0.1) is 0 Å². The molecule has 2 unspecified atom stereocenters. The van der Waals surface area contributed by atoms with Crippen LogP contribution in [0.4, 0.5) is 0 Å². The molecule has 1 aliphatic rings. The van der Waals surface area contributed by atoms with E-state index in [0.29, 0.717) is 11.7 Å². The molecule has 0 spiro atoms. The molecule has 4 nitrogen and oxygen atoms in total. The number of carbonyl (C=O) groups excluding carboxylic acids is 1. The van der Waals surface area contributed by atoms with Gasteiger partial charge in [-0.2, -0.15) is 0 Å². The number of rotatable bonds is 3. The van der Waals surface area contributed by atoms with Gasteiger partial charge in [-0.15, -0.1) is 11.3 Å². The first-order valence-electron chi connectivity index (χ1n) is 7.69. The van der Waals surface area contributed by atoms with Crippen molar-refractivity contribution in [3.05, 3.63) is 40.9 Å². The third-order valence-electron chi connectivity index (χ3n) is 4.07. The molecule has 0 radical (unpaired) electrons. The molecule has 116 valence electrons. The monoisotopic (exact) mass is 315 g/mol. The molecular weight excluding hydrogens is 294 g/mol. The largest absolute Gasteiger partial charge is 0.348 e. The molecule has 5 heteroatoms. The highest BCUT2D eigenvalue weighted by atomic mass is 32.1. The summed E-state index contributed by atoms with van der Waals surface area (Å²) in [6.45, 7) is 5.17. The van der Waals surface area contributed by atoms with E-state index in [0.717, 1.165) is 30.0 Å². The van der Waals surface area contributed by atoms with Crippen LogP contribution >= 0.6 is 11.3 Å². The lowest BCUT2D eigenvalue weighted by Gasteiger charge is -2.28. The number of carbonyl (C=O) groups is 1. The van der Waals surface area contributed by atoms with E-state index in [4.69, 9.17) is 0 Å². The van der Waals surface area contributed by atoms with E-state index < -0.39 is 0 Å². The van der Waals surface area contributed by atoms with Crippen molar-refractivity contribution in [3.63, 3.8) is 0 Å². The highest BCUT2D eigenvalue weighted by molar-refractivity contribution is 7.13. The molecule has 3 rings (SSSR count). The Labute approximate surface area is 135 Å². The molecular formula is C17H21N3OS. The summed E-state index contributed by atoms with van der Waals surface area (Å²) >= 11 is 1.52. The van der Waals surface area contributed by atoms with E-state index >= 15 is 0 Å². The van der Waals surface area contributed by atoms with Crippen LogP contribution in [0.3, 0.4) is 0 Å². The number of hydrogen-bond acceptors (Lipinski definition) is 4. The molecule has 2 heterocycles. The third-order valence-corrected chi connectivity index (χ3v) is 4.95. The van der Waals surface area contributed by atoms with Crippen molar-refractivity contribution in [2.75, 3.05) is 6.54 Å². The fraction of sp³-hybridized carbons (Fsp3) is 0.412. The van der Waals surface area contributed by atoms with E-state index in [9.17, 15) is 4.79 Å². The number of aromatic nitrogens is 1. The standard InChI is InChI=1S/C17H21N3OS/c1-11-5-3-4-6-14(11)17-20-15(10-22-17)16(21)19-13-7-8-18-12(2)9-13/h3-6,10,12-13,18H,7-9H2,1-2H3,(H,19,21). The molecule has 1 aliphatic heterocycles. The van der Waals surface area contributed by atoms with E-state index in [1.165, 1.54) is 16.9 Å². The van der Waals surface area contributed by atoms with Crippen LogP contribution in [-0.2, 0) is 0 Å². The molecule has 22 heavy (non-hydrogen) atoms. The van der Waals surface area contributed by atoms with Crippen molar-refractivity contribution in [2.24, 2.45) is 0 Å². The first-order valence-corrected chi connectivity index (χ1v) is 8.57. The number of nitrogens with zero attached hydrogens (tertiary/aromatic N) is 1. The fourth-order valence-corrected chi connectivity index (χ4v) is 3.73. The Kier molecular flexibility index (Phi) is 4.55. The summed E-state index contributed by atoms with van der Waals surface area (Å²) < 4.78 is 0. The zero-order chi connectivity index (χ0) is 15.5. The molecule has 1 amide bonds. The van der Waals surface area contributed by atoms with Crippen LogP contribution in [0.2, 0.25) is 0 Å². The number of nitrogens with one attached hydrogen (secondary N) is 2. The minimum atomic E-state index is -0.0600. The van der Waals surface area contributed by atoms with E-state index in [-0.39, 0.29) is 11.9 Å². The summed E-state index contributed by atoms with van der Waals surface area (Å²) in [6.07, 6.45) is 1.95. The minimum Gasteiger partial charge on any atom is -0.348 e. The van der Waals surface area contributed by atoms with E-state index in [1.54, 1.807) is 0 Å². The maximum absolute atomic E-state index is 12.4. The summed E-state index contributed by atoms with van der Waals surface area (Å²) in [6, 6.07) is 8.82. The lowest BCUT2D eigenvalue weighted by Crippen LogP contribution is -2.46. The topological polar surface area (TPSA) is 54.0 Å². The molecule has 2 N–H and O–H groups in total. The van der Waals surface area contributed by atoms with Gasteiger partial charge in [0.15, 0.2) is 0 Å². The zero-order valence-corrected chi connectivity index (χ0v) is 13.7. The first-order chi connectivity index (χ1) is 10.6. The number of benzene rings is 1. The van der Waals surface area contributed by atoms with Crippen molar-refractivity contribution in [3.8, 4) is 10.6 Å². The molecule has 1 fully saturated rings. The van der Waals surface area contributed by atoms with Gasteiger partial charge in [0.2, 0.25) is 0 Å². The molecule has 1 aromatic heterocycles. The lowest BCUT2D eigenvalue weighted by atomic mass is 10.0. The van der Waals surface area contributed by atoms with Gasteiger partial charge in [-0.1, -0.05) is 24.3 Å². The zero-order valence-electron chi connectivity index (χ0n) is 12.9. The Hall–Kier alpha value is -1.72. The maximum atomic E-state index is 12.4. The molecule has 2 atom stereocenters. The fourth-order valence-electron chi connectivity index (χ4n) is 2.84. The van der Waals surface area contributed by atoms with Crippen LogP contribution in [0.15, 0.2) is 29.6 Å². The van der Waals surface area contributed by atoms with Gasteiger partial charge in [0.25, 0.3) is 5.91 Å². The first kappa shape index (κ1) is 15.2. The Bertz CT molecular complexity index is 667. The lowest BCUT2D eigenvalue weighted by molar-refractivity contribution is 0.0921. The molecule has 1 saturated heterocycles. The quantitative estimate of drug-likeness (QED) is 0.915. The second kappa shape index (κ2) is 6.58. The van der Waals surface area contributed by atoms with Crippen LogP contribution in [-0.4, -0.2) is 29.5 Å². The van der Waals surface area contributed by atoms with Crippen molar-refractivity contribution in [1.29, 1.82) is 0 Å². The maximum Gasteiger partial charge on any atom is 0.270 e. The van der Waals surface area contributed by atoms with Gasteiger partial charge in [-0.05, 0) is 38.8 Å². The normalized spacial score (nSPS) is 21.5. The van der Waals surface area contributed by atoms with Crippen LogP contribution < -0.4 is 10.6 Å². The molecule has 1 aromatic carbocycles. The van der Waals surface area contributed by atoms with Gasteiger partial charge >= 0.3 is 0 Å². The Morgan fingerprint density at radius 3 is 3.00 bits per heavy atom. The Morgan fingerprint density at radius 2 is 2.23 bits per heavy atom. The predicted molar refractivity (Wildman–Crippen MR) is 90.2 cm³/mol. The number of amides is 1. The summed E-state index contributed by atoms with van der Waals surface area (Å²) in [5.74, 6) is -0.0600. The minimum absolute atomic E-state index is 0.0600. The van der Waals surface area contributed by atoms with Gasteiger partial charge in [0, 0.05) is 23.0 Å². The van der Waals surface area contributed by atoms with Gasteiger partial charge in [0.1, 0.15) is 10.7 Å². The number of hydrogen-bond donors (Lipinski definition) is 2. The highest BCUT2D eigenvalue weighted by Gasteiger charge is 2.21. The van der Waals surface area contributed by atoms with Crippen molar-refractivity contribution < 1.29 is 4.79 Å². The third kappa shape index (κ3) is 3.36. The highest BCUT2D eigenvalue weighted by Crippen LogP contribution is 2.26. The smallest absolute Gasteiger partial charge is 0.270 e. The molecule has 0 saturated carbocycles. The average molecular weight is 315 g/mol. The molecule has 0 aliphatic carbocycles. The van der Waals surface area contributed by atoms with E-state index in [2.05, 4.69) is 35.5 Å². The van der Waals surface area contributed by atoms with Crippen LogP contribution in [0.1, 0.15) is 35.8 Å². The summed E-state index contributed by atoms with van der Waals surface area (Å²) in [5.41, 5.74) is 2.80. The molecule has 0 bridgehead atoms. The van der Waals surface area contributed by atoms with Crippen molar-refractivity contribution in [1.82, 2.24) is 15.6 Å². The van der Waals surface area contributed by atoms with E-state index in [1.807, 2.05) is 23.6 Å². The van der Waals surface area contributed by atoms with Crippen molar-refractivity contribution >= 4 is 17.2 Å². The number of thiazole rings is 1. The van der Waals surface area contributed by atoms with Gasteiger partial charge < -0.3 is 10.6 Å². The summed E-state index contributed by atoms with van der Waals surface area (Å²) in [7, 11) is 0. The van der Waals surface area contributed by atoms with Gasteiger partial charge in [-0.3, -0.25) is 4.79 Å². The summed E-state index contributed by atoms with van der Waals surface area (Å²) in [4.78, 5) is 16.9. The van der Waals surface area contributed by atoms with Crippen LogP contribution in [0, 0.1) is 6.92 Å². The Morgan fingerprint density at radius 1 is 1.41 bits per heavy atom. The summed E-state index contributed by atoms with van der Waals surface area (Å²) in [5, 5.41) is 9.26. The second-order valence-electron chi connectivity index (χ2n) is 5.90.